The Balaban J connectivity index is 2.89. The van der Waals surface area contributed by atoms with E-state index in [9.17, 15) is 0 Å². The number of pyridine rings is 1. The molecule has 0 aliphatic rings. The van der Waals surface area contributed by atoms with E-state index in [0.29, 0.717) is 6.54 Å². The highest BCUT2D eigenvalue weighted by Crippen LogP contribution is 2.21. The lowest BCUT2D eigenvalue weighted by Crippen LogP contribution is -2.11. The third-order valence-corrected chi connectivity index (χ3v) is 2.24. The van der Waals surface area contributed by atoms with Gasteiger partial charge in [0.2, 0.25) is 0 Å². The van der Waals surface area contributed by atoms with Gasteiger partial charge in [-0.25, -0.2) is 0 Å². The maximum atomic E-state index is 4.37. The Morgan fingerprint density at radius 2 is 2.00 bits per heavy atom. The molecule has 0 fully saturated rings. The van der Waals surface area contributed by atoms with Crippen LogP contribution in [0.3, 0.4) is 0 Å². The van der Waals surface area contributed by atoms with E-state index in [4.69, 9.17) is 0 Å². The number of nitrogens with zero attached hydrogens (tertiary/aromatic N) is 2. The average Bonchev–Trinajstić information content (AvgIpc) is 2.14. The Hall–Kier alpha value is -1.18. The molecule has 0 saturated carbocycles. The number of hydrogen-bond acceptors (Lipinski definition) is 2. The van der Waals surface area contributed by atoms with Gasteiger partial charge in [0.15, 0.2) is 0 Å². The van der Waals surface area contributed by atoms with Gasteiger partial charge in [0, 0.05) is 11.9 Å². The summed E-state index contributed by atoms with van der Waals surface area (Å²) in [6, 6.07) is 4.22. The third-order valence-electron chi connectivity index (χ3n) is 2.24. The molecule has 1 rings (SSSR count). The largest absolute Gasteiger partial charge is 0.288 e. The summed E-state index contributed by atoms with van der Waals surface area (Å²) in [7, 11) is 0. The predicted octanol–water partition coefficient (Wildman–Crippen LogP) is 3.36. The van der Waals surface area contributed by atoms with Crippen molar-refractivity contribution in [1.82, 2.24) is 4.98 Å². The van der Waals surface area contributed by atoms with E-state index in [1.54, 1.807) is 0 Å². The minimum Gasteiger partial charge on any atom is -0.288 e. The summed E-state index contributed by atoms with van der Waals surface area (Å²) >= 11 is 0. The van der Waals surface area contributed by atoms with Crippen molar-refractivity contribution in [3.63, 3.8) is 0 Å². The molecule has 0 radical (unpaired) electrons. The number of rotatable bonds is 2. The minimum atomic E-state index is 0.183. The molecule has 0 aliphatic heterocycles. The Labute approximate surface area is 92.5 Å². The summed E-state index contributed by atoms with van der Waals surface area (Å²) in [4.78, 5) is 8.69. The van der Waals surface area contributed by atoms with Gasteiger partial charge < -0.3 is 0 Å². The molecule has 0 aliphatic carbocycles. The molecule has 82 valence electrons. The zero-order valence-corrected chi connectivity index (χ0v) is 10.3. The Morgan fingerprint density at radius 1 is 1.33 bits per heavy atom. The minimum absolute atomic E-state index is 0.183. The van der Waals surface area contributed by atoms with Gasteiger partial charge in [0.1, 0.15) is 0 Å². The van der Waals surface area contributed by atoms with Crippen molar-refractivity contribution in [3.8, 4) is 0 Å². The fourth-order valence-electron chi connectivity index (χ4n) is 1.27. The van der Waals surface area contributed by atoms with Crippen molar-refractivity contribution in [2.45, 2.75) is 46.6 Å². The smallest absolute Gasteiger partial charge is 0.0810 e. The van der Waals surface area contributed by atoms with Gasteiger partial charge in [-0.2, -0.15) is 0 Å². The van der Waals surface area contributed by atoms with Crippen molar-refractivity contribution >= 4 is 5.71 Å². The number of aromatic nitrogens is 1. The van der Waals surface area contributed by atoms with Crippen LogP contribution in [0.25, 0.3) is 0 Å². The normalized spacial score (nSPS) is 11.3. The van der Waals surface area contributed by atoms with Crippen molar-refractivity contribution < 1.29 is 0 Å². The lowest BCUT2D eigenvalue weighted by atomic mass is 9.87. The lowest BCUT2D eigenvalue weighted by molar-refractivity contribution is 0.588. The molecule has 1 aromatic rings. The molecule has 0 spiro atoms. The molecule has 0 amide bonds. The first kappa shape index (κ1) is 11.9. The molecule has 0 bridgehead atoms. The summed E-state index contributed by atoms with van der Waals surface area (Å²) in [5.41, 5.74) is 3.64. The second-order valence-corrected chi connectivity index (χ2v) is 5.05. The highest BCUT2D eigenvalue weighted by molar-refractivity contribution is 5.78. The first-order chi connectivity index (χ1) is 6.89. The highest BCUT2D eigenvalue weighted by atomic mass is 14.8. The molecule has 15 heavy (non-hydrogen) atoms. The van der Waals surface area contributed by atoms with Crippen LogP contribution in [-0.4, -0.2) is 10.7 Å². The van der Waals surface area contributed by atoms with Crippen LogP contribution in [0.4, 0.5) is 0 Å². The van der Waals surface area contributed by atoms with Crippen molar-refractivity contribution in [2.75, 3.05) is 0 Å². The van der Waals surface area contributed by atoms with Gasteiger partial charge in [-0.3, -0.25) is 9.98 Å². The fraction of sp³-hybridized carbons (Fsp3) is 0.538. The SMILES string of the molecule is CC(C)=NCc1cc(C(C)(C)C)ccn1. The lowest BCUT2D eigenvalue weighted by Gasteiger charge is -2.19. The Morgan fingerprint density at radius 3 is 2.53 bits per heavy atom. The zero-order valence-electron chi connectivity index (χ0n) is 10.3. The van der Waals surface area contributed by atoms with Gasteiger partial charge in [-0.1, -0.05) is 20.8 Å². The Bertz CT molecular complexity index is 355. The molecule has 0 aromatic carbocycles. The molecule has 1 aromatic heterocycles. The second-order valence-electron chi connectivity index (χ2n) is 5.05. The molecule has 0 unspecified atom stereocenters. The summed E-state index contributed by atoms with van der Waals surface area (Å²) in [5.74, 6) is 0. The van der Waals surface area contributed by atoms with Gasteiger partial charge in [-0.15, -0.1) is 0 Å². The quantitative estimate of drug-likeness (QED) is 0.678. The van der Waals surface area contributed by atoms with E-state index in [0.717, 1.165) is 11.4 Å². The molecule has 2 heteroatoms. The maximum absolute atomic E-state index is 4.37. The van der Waals surface area contributed by atoms with Crippen molar-refractivity contribution in [1.29, 1.82) is 0 Å². The van der Waals surface area contributed by atoms with E-state index >= 15 is 0 Å². The van der Waals surface area contributed by atoms with E-state index in [1.807, 2.05) is 20.0 Å². The molecule has 1 heterocycles. The summed E-state index contributed by atoms with van der Waals surface area (Å²) in [5, 5.41) is 0. The van der Waals surface area contributed by atoms with Gasteiger partial charge in [0.25, 0.3) is 0 Å². The Kier molecular flexibility index (Phi) is 3.61. The summed E-state index contributed by atoms with van der Waals surface area (Å²) in [6.45, 7) is 11.3. The van der Waals surface area contributed by atoms with E-state index in [2.05, 4.69) is 42.9 Å². The van der Waals surface area contributed by atoms with Crippen LogP contribution in [0.1, 0.15) is 45.9 Å². The number of aliphatic imine (C=N–C) groups is 1. The van der Waals surface area contributed by atoms with Crippen LogP contribution in [-0.2, 0) is 12.0 Å². The van der Waals surface area contributed by atoms with Gasteiger partial charge in [-0.05, 0) is 37.0 Å². The molecule has 2 nitrogen and oxygen atoms in total. The van der Waals surface area contributed by atoms with E-state index in [-0.39, 0.29) is 5.41 Å². The molecule has 0 saturated heterocycles. The standard InChI is InChI=1S/C13H20N2/c1-10(2)15-9-12-8-11(6-7-14-12)13(3,4)5/h6-8H,9H2,1-5H3. The monoisotopic (exact) mass is 204 g/mol. The molecular formula is C13H20N2. The fourth-order valence-corrected chi connectivity index (χ4v) is 1.27. The van der Waals surface area contributed by atoms with Crippen molar-refractivity contribution in [3.05, 3.63) is 29.6 Å². The van der Waals surface area contributed by atoms with Crippen LogP contribution in [0.2, 0.25) is 0 Å². The first-order valence-electron chi connectivity index (χ1n) is 5.32. The molecule has 0 atom stereocenters. The molecule has 0 N–H and O–H groups in total. The van der Waals surface area contributed by atoms with E-state index < -0.39 is 0 Å². The topological polar surface area (TPSA) is 25.2 Å². The van der Waals surface area contributed by atoms with Gasteiger partial charge in [0.05, 0.1) is 12.2 Å². The average molecular weight is 204 g/mol. The van der Waals surface area contributed by atoms with Gasteiger partial charge >= 0.3 is 0 Å². The van der Waals surface area contributed by atoms with Crippen LogP contribution in [0.5, 0.6) is 0 Å². The first-order valence-corrected chi connectivity index (χ1v) is 5.32. The van der Waals surface area contributed by atoms with E-state index in [1.165, 1.54) is 5.56 Å². The molecular weight excluding hydrogens is 184 g/mol. The maximum Gasteiger partial charge on any atom is 0.0810 e. The van der Waals surface area contributed by atoms with Crippen LogP contribution in [0.15, 0.2) is 23.3 Å². The summed E-state index contributed by atoms with van der Waals surface area (Å²) in [6.07, 6.45) is 1.87. The summed E-state index contributed by atoms with van der Waals surface area (Å²) < 4.78 is 0. The number of hydrogen-bond donors (Lipinski definition) is 0. The third kappa shape index (κ3) is 3.82. The van der Waals surface area contributed by atoms with Crippen LogP contribution >= 0.6 is 0 Å². The predicted molar refractivity (Wildman–Crippen MR) is 65.4 cm³/mol. The van der Waals surface area contributed by atoms with Crippen molar-refractivity contribution in [2.24, 2.45) is 4.99 Å². The van der Waals surface area contributed by atoms with Crippen LogP contribution in [0, 0.1) is 0 Å². The second kappa shape index (κ2) is 4.56. The highest BCUT2D eigenvalue weighted by Gasteiger charge is 2.13. The zero-order chi connectivity index (χ0) is 11.5. The van der Waals surface area contributed by atoms with Crippen LogP contribution < -0.4 is 0 Å².